The normalized spacial score (nSPS) is 40.9. The lowest BCUT2D eigenvalue weighted by Gasteiger charge is -2.08. The minimum atomic E-state index is 0.106. The maximum atomic E-state index is 8.85. The van der Waals surface area contributed by atoms with Crippen molar-refractivity contribution in [3.05, 3.63) is 0 Å². The summed E-state index contributed by atoms with van der Waals surface area (Å²) in [5.74, 6) is 0.382. The molecule has 9 heavy (non-hydrogen) atoms. The molecule has 3 heteroatoms. The van der Waals surface area contributed by atoms with Crippen LogP contribution < -0.4 is 0 Å². The molecule has 0 amide bonds. The first-order valence-electron chi connectivity index (χ1n) is 3.51. The van der Waals surface area contributed by atoms with E-state index in [-0.39, 0.29) is 18.6 Å². The summed E-state index contributed by atoms with van der Waals surface area (Å²) in [6.45, 7) is 0.489. The summed E-state index contributed by atoms with van der Waals surface area (Å²) >= 11 is 0. The second kappa shape index (κ2) is 2.31. The van der Waals surface area contributed by atoms with Crippen molar-refractivity contribution in [1.82, 2.24) is 0 Å². The maximum absolute atomic E-state index is 8.85. The van der Waals surface area contributed by atoms with Gasteiger partial charge in [-0.2, -0.15) is 0 Å². The highest BCUT2D eigenvalue weighted by molar-refractivity contribution is 6.09. The van der Waals surface area contributed by atoms with Gasteiger partial charge in [0.05, 0.1) is 0 Å². The number of hydrogen-bond donors (Lipinski definition) is 2. The van der Waals surface area contributed by atoms with Gasteiger partial charge in [0, 0.05) is 13.2 Å². The summed E-state index contributed by atoms with van der Waals surface area (Å²) in [4.78, 5) is 0. The molecule has 0 radical (unpaired) electrons. The fourth-order valence-electron chi connectivity index (χ4n) is 1.43. The molecule has 0 saturated heterocycles. The summed E-state index contributed by atoms with van der Waals surface area (Å²) in [7, 11) is 2.06. The second-order valence-electron chi connectivity index (χ2n) is 2.96. The summed E-state index contributed by atoms with van der Waals surface area (Å²) in [6.07, 6.45) is 2.01. The summed E-state index contributed by atoms with van der Waals surface area (Å²) in [5.41, 5.74) is 0.106. The molecule has 52 valence electrons. The number of aliphatic hydroxyl groups is 2. The molecule has 2 N–H and O–H groups in total. The Kier molecular flexibility index (Phi) is 1.82. The van der Waals surface area contributed by atoms with Crippen LogP contribution in [0.2, 0.25) is 6.32 Å². The highest BCUT2D eigenvalue weighted by Gasteiger charge is 2.51. The smallest absolute Gasteiger partial charge is 0.102 e. The van der Waals surface area contributed by atoms with Crippen LogP contribution in [-0.2, 0) is 0 Å². The molecule has 1 rings (SSSR count). The Bertz CT molecular complexity index is 101. The zero-order valence-corrected chi connectivity index (χ0v) is 5.80. The first-order chi connectivity index (χ1) is 4.29. The van der Waals surface area contributed by atoms with Gasteiger partial charge in [0.15, 0.2) is 0 Å². The van der Waals surface area contributed by atoms with E-state index in [2.05, 4.69) is 7.85 Å². The van der Waals surface area contributed by atoms with Crippen LogP contribution in [0.5, 0.6) is 0 Å². The van der Waals surface area contributed by atoms with Gasteiger partial charge >= 0.3 is 0 Å². The van der Waals surface area contributed by atoms with Crippen molar-refractivity contribution < 1.29 is 10.2 Å². The summed E-state index contributed by atoms with van der Waals surface area (Å²) < 4.78 is 0. The zero-order valence-electron chi connectivity index (χ0n) is 5.80. The van der Waals surface area contributed by atoms with Crippen LogP contribution >= 0.6 is 0 Å². The van der Waals surface area contributed by atoms with Crippen molar-refractivity contribution in [2.75, 3.05) is 13.2 Å². The molecule has 1 aliphatic rings. The van der Waals surface area contributed by atoms with E-state index in [4.69, 9.17) is 10.2 Å². The minimum absolute atomic E-state index is 0.106. The third-order valence-corrected chi connectivity index (χ3v) is 2.60. The van der Waals surface area contributed by atoms with Gasteiger partial charge < -0.3 is 10.2 Å². The molecule has 1 fully saturated rings. The van der Waals surface area contributed by atoms with Crippen molar-refractivity contribution in [2.45, 2.75) is 12.7 Å². The second-order valence-corrected chi connectivity index (χ2v) is 2.96. The predicted molar refractivity (Wildman–Crippen MR) is 38.1 cm³/mol. The van der Waals surface area contributed by atoms with E-state index in [0.717, 1.165) is 12.7 Å². The van der Waals surface area contributed by atoms with Crippen LogP contribution in [0.25, 0.3) is 0 Å². The van der Waals surface area contributed by atoms with Crippen LogP contribution in [0.3, 0.4) is 0 Å². The molecule has 0 heterocycles. The van der Waals surface area contributed by atoms with E-state index in [1.165, 1.54) is 0 Å². The largest absolute Gasteiger partial charge is 0.396 e. The Morgan fingerprint density at radius 2 is 2.22 bits per heavy atom. The Morgan fingerprint density at radius 3 is 2.33 bits per heavy atom. The van der Waals surface area contributed by atoms with Crippen molar-refractivity contribution in [3.8, 4) is 0 Å². The number of rotatable bonds is 3. The van der Waals surface area contributed by atoms with Crippen LogP contribution in [0.4, 0.5) is 0 Å². The fraction of sp³-hybridized carbons (Fsp3) is 1.00. The highest BCUT2D eigenvalue weighted by atomic mass is 16.3. The summed E-state index contributed by atoms with van der Waals surface area (Å²) in [6, 6.07) is 0. The molecule has 1 saturated carbocycles. The monoisotopic (exact) mass is 128 g/mol. The van der Waals surface area contributed by atoms with Crippen molar-refractivity contribution in [1.29, 1.82) is 0 Å². The van der Waals surface area contributed by atoms with E-state index < -0.39 is 0 Å². The van der Waals surface area contributed by atoms with Gasteiger partial charge in [0.1, 0.15) is 7.85 Å². The minimum Gasteiger partial charge on any atom is -0.396 e. The Hall–Kier alpha value is -0.0151. The quantitative estimate of drug-likeness (QED) is 0.480. The van der Waals surface area contributed by atoms with Crippen molar-refractivity contribution >= 4 is 7.85 Å². The van der Waals surface area contributed by atoms with Crippen LogP contribution in [-0.4, -0.2) is 31.3 Å². The lowest BCUT2D eigenvalue weighted by atomic mass is 9.87. The average Bonchev–Trinajstić information content (AvgIpc) is 2.63. The van der Waals surface area contributed by atoms with Gasteiger partial charge in [0.2, 0.25) is 0 Å². The number of hydrogen-bond acceptors (Lipinski definition) is 2. The van der Waals surface area contributed by atoms with Gasteiger partial charge in [-0.1, -0.05) is 6.32 Å². The Balaban J connectivity index is 2.37. The molecule has 0 bridgehead atoms. The maximum Gasteiger partial charge on any atom is 0.102 e. The standard InChI is InChI=1S/C6H13BO2/c7-3-6(4-9)1-5(6)2-8/h5,8-9H,1-4,7H2/t5-,6-/m0/s1. The molecule has 0 aromatic rings. The molecule has 1 aliphatic carbocycles. The molecule has 0 aromatic heterocycles. The highest BCUT2D eigenvalue weighted by Crippen LogP contribution is 2.54. The molecule has 0 aromatic carbocycles. The summed E-state index contributed by atoms with van der Waals surface area (Å²) in [5, 5.41) is 17.5. The third-order valence-electron chi connectivity index (χ3n) is 2.60. The Morgan fingerprint density at radius 1 is 1.56 bits per heavy atom. The van der Waals surface area contributed by atoms with Gasteiger partial charge in [0.25, 0.3) is 0 Å². The molecule has 0 aliphatic heterocycles. The molecular formula is C6H13BO2. The van der Waals surface area contributed by atoms with E-state index in [1.807, 2.05) is 0 Å². The van der Waals surface area contributed by atoms with E-state index >= 15 is 0 Å². The van der Waals surface area contributed by atoms with E-state index in [0.29, 0.717) is 5.92 Å². The van der Waals surface area contributed by atoms with E-state index in [9.17, 15) is 0 Å². The van der Waals surface area contributed by atoms with Gasteiger partial charge in [-0.25, -0.2) is 0 Å². The fourth-order valence-corrected chi connectivity index (χ4v) is 1.43. The predicted octanol–water partition coefficient (Wildman–Crippen LogP) is -0.971. The first-order valence-corrected chi connectivity index (χ1v) is 3.51. The lowest BCUT2D eigenvalue weighted by Crippen LogP contribution is -2.10. The first kappa shape index (κ1) is 7.10. The van der Waals surface area contributed by atoms with Crippen LogP contribution in [0.15, 0.2) is 0 Å². The Labute approximate surface area is 56.3 Å². The van der Waals surface area contributed by atoms with Gasteiger partial charge in [-0.15, -0.1) is 0 Å². The zero-order chi connectivity index (χ0) is 6.91. The topological polar surface area (TPSA) is 40.5 Å². The van der Waals surface area contributed by atoms with Crippen LogP contribution in [0.1, 0.15) is 6.42 Å². The van der Waals surface area contributed by atoms with Crippen molar-refractivity contribution in [2.24, 2.45) is 11.3 Å². The molecule has 2 nitrogen and oxygen atoms in total. The van der Waals surface area contributed by atoms with E-state index in [1.54, 1.807) is 0 Å². The SMILES string of the molecule is BC[C@]1(CO)C[C@H]1CO. The lowest BCUT2D eigenvalue weighted by molar-refractivity contribution is 0.185. The molecule has 2 atom stereocenters. The van der Waals surface area contributed by atoms with Gasteiger partial charge in [-0.05, 0) is 17.8 Å². The average molecular weight is 128 g/mol. The molecule has 0 spiro atoms. The molecular weight excluding hydrogens is 115 g/mol. The third kappa shape index (κ3) is 0.991. The van der Waals surface area contributed by atoms with Gasteiger partial charge in [-0.3, -0.25) is 0 Å². The number of aliphatic hydroxyl groups excluding tert-OH is 2. The van der Waals surface area contributed by atoms with Crippen molar-refractivity contribution in [3.63, 3.8) is 0 Å². The molecule has 0 unspecified atom stereocenters. The van der Waals surface area contributed by atoms with Crippen LogP contribution in [0, 0.1) is 11.3 Å².